The van der Waals surface area contributed by atoms with Gasteiger partial charge in [0, 0.05) is 24.4 Å². The van der Waals surface area contributed by atoms with Crippen molar-refractivity contribution in [3.05, 3.63) is 66.4 Å². The van der Waals surface area contributed by atoms with Crippen LogP contribution >= 0.6 is 0 Å². The highest BCUT2D eigenvalue weighted by Crippen LogP contribution is 2.34. The van der Waals surface area contributed by atoms with Crippen LogP contribution in [0.1, 0.15) is 23.8 Å². The quantitative estimate of drug-likeness (QED) is 0.571. The standard InChI is InChI=1S/C22H24N2O5S/c1-27-19-11-10-17(15-20(19)29-21-9-6-14-28-21)18-12-13-24(23-18)22(30(2,25)26)16-7-4-3-5-8-16/h3-5,7-8,10-13,15,21-22H,6,9,14H2,1-2H3. The zero-order chi connectivity index (χ0) is 21.1. The van der Waals surface area contributed by atoms with Crippen LogP contribution in [0.4, 0.5) is 0 Å². The maximum Gasteiger partial charge on any atom is 0.200 e. The largest absolute Gasteiger partial charge is 0.493 e. The van der Waals surface area contributed by atoms with E-state index in [0.717, 1.165) is 18.4 Å². The van der Waals surface area contributed by atoms with Crippen molar-refractivity contribution in [3.8, 4) is 22.8 Å². The van der Waals surface area contributed by atoms with Crippen LogP contribution in [0.2, 0.25) is 0 Å². The molecule has 0 saturated carbocycles. The summed E-state index contributed by atoms with van der Waals surface area (Å²) >= 11 is 0. The average Bonchev–Trinajstić information content (AvgIpc) is 3.40. The van der Waals surface area contributed by atoms with E-state index in [2.05, 4.69) is 5.10 Å². The molecule has 1 aromatic heterocycles. The lowest BCUT2D eigenvalue weighted by Crippen LogP contribution is -2.20. The highest BCUT2D eigenvalue weighted by molar-refractivity contribution is 7.90. The van der Waals surface area contributed by atoms with E-state index in [1.807, 2.05) is 36.4 Å². The molecule has 1 aliphatic heterocycles. The number of sulfone groups is 1. The van der Waals surface area contributed by atoms with Crippen molar-refractivity contribution >= 4 is 9.84 Å². The molecule has 0 aliphatic carbocycles. The van der Waals surface area contributed by atoms with Gasteiger partial charge in [-0.3, -0.25) is 0 Å². The van der Waals surface area contributed by atoms with Gasteiger partial charge in [-0.05, 0) is 36.2 Å². The van der Waals surface area contributed by atoms with E-state index in [0.29, 0.717) is 29.4 Å². The minimum absolute atomic E-state index is 0.292. The van der Waals surface area contributed by atoms with Crippen molar-refractivity contribution < 1.29 is 22.6 Å². The topological polar surface area (TPSA) is 79.7 Å². The monoisotopic (exact) mass is 428 g/mol. The fourth-order valence-corrected chi connectivity index (χ4v) is 4.71. The lowest BCUT2D eigenvalue weighted by atomic mass is 10.1. The lowest BCUT2D eigenvalue weighted by molar-refractivity contribution is -0.0402. The van der Waals surface area contributed by atoms with E-state index in [1.54, 1.807) is 31.5 Å². The van der Waals surface area contributed by atoms with Crippen molar-refractivity contribution in [2.75, 3.05) is 20.0 Å². The Bertz CT molecular complexity index is 1110. The highest BCUT2D eigenvalue weighted by atomic mass is 32.2. The minimum Gasteiger partial charge on any atom is -0.493 e. The molecule has 4 rings (SSSR count). The molecule has 0 amide bonds. The molecule has 1 aliphatic rings. The van der Waals surface area contributed by atoms with Gasteiger partial charge in [0.2, 0.25) is 0 Å². The second-order valence-corrected chi connectivity index (χ2v) is 9.31. The first kappa shape index (κ1) is 20.4. The van der Waals surface area contributed by atoms with Crippen LogP contribution in [0.3, 0.4) is 0 Å². The molecule has 0 N–H and O–H groups in total. The first-order valence-electron chi connectivity index (χ1n) is 9.71. The third-order valence-corrected chi connectivity index (χ3v) is 6.24. The summed E-state index contributed by atoms with van der Waals surface area (Å²) in [6.07, 6.45) is 4.39. The molecule has 2 heterocycles. The lowest BCUT2D eigenvalue weighted by Gasteiger charge is -2.17. The summed E-state index contributed by atoms with van der Waals surface area (Å²) in [7, 11) is -1.85. The Labute approximate surface area is 176 Å². The Morgan fingerprint density at radius 3 is 2.60 bits per heavy atom. The predicted octanol–water partition coefficient (Wildman–Crippen LogP) is 3.67. The van der Waals surface area contributed by atoms with Crippen LogP contribution in [0, 0.1) is 0 Å². The molecule has 1 saturated heterocycles. The highest BCUT2D eigenvalue weighted by Gasteiger charge is 2.26. The number of hydrogen-bond acceptors (Lipinski definition) is 6. The predicted molar refractivity (Wildman–Crippen MR) is 113 cm³/mol. The van der Waals surface area contributed by atoms with Crippen LogP contribution in [-0.2, 0) is 14.6 Å². The molecular formula is C22H24N2O5S. The molecule has 0 spiro atoms. The van der Waals surface area contributed by atoms with Gasteiger partial charge in [0.15, 0.2) is 33.0 Å². The van der Waals surface area contributed by atoms with E-state index < -0.39 is 15.2 Å². The van der Waals surface area contributed by atoms with E-state index in [1.165, 1.54) is 10.9 Å². The molecule has 0 radical (unpaired) electrons. The van der Waals surface area contributed by atoms with Crippen molar-refractivity contribution in [3.63, 3.8) is 0 Å². The van der Waals surface area contributed by atoms with Crippen molar-refractivity contribution in [2.45, 2.75) is 24.5 Å². The van der Waals surface area contributed by atoms with Crippen LogP contribution in [0.15, 0.2) is 60.8 Å². The van der Waals surface area contributed by atoms with Gasteiger partial charge in [-0.25, -0.2) is 13.1 Å². The van der Waals surface area contributed by atoms with Gasteiger partial charge in [0.1, 0.15) is 0 Å². The second kappa shape index (κ2) is 8.49. The number of rotatable bonds is 7. The van der Waals surface area contributed by atoms with Gasteiger partial charge in [0.05, 0.1) is 19.4 Å². The number of aromatic nitrogens is 2. The van der Waals surface area contributed by atoms with Gasteiger partial charge in [-0.1, -0.05) is 30.3 Å². The number of benzene rings is 2. The van der Waals surface area contributed by atoms with Gasteiger partial charge in [-0.15, -0.1) is 0 Å². The van der Waals surface area contributed by atoms with Crippen LogP contribution in [0.5, 0.6) is 11.5 Å². The van der Waals surface area contributed by atoms with E-state index in [-0.39, 0.29) is 6.29 Å². The zero-order valence-electron chi connectivity index (χ0n) is 16.9. The van der Waals surface area contributed by atoms with Crippen LogP contribution < -0.4 is 9.47 Å². The summed E-state index contributed by atoms with van der Waals surface area (Å²) in [5.74, 6) is 1.17. The first-order valence-corrected chi connectivity index (χ1v) is 11.7. The van der Waals surface area contributed by atoms with E-state index in [9.17, 15) is 8.42 Å². The van der Waals surface area contributed by atoms with E-state index in [4.69, 9.17) is 14.2 Å². The normalized spacial score (nSPS) is 17.6. The summed E-state index contributed by atoms with van der Waals surface area (Å²) in [5, 5.41) is 3.67. The second-order valence-electron chi connectivity index (χ2n) is 7.20. The third-order valence-electron chi connectivity index (χ3n) is 4.94. The average molecular weight is 429 g/mol. The molecular weight excluding hydrogens is 404 g/mol. The zero-order valence-corrected chi connectivity index (χ0v) is 17.7. The molecule has 2 aromatic carbocycles. The van der Waals surface area contributed by atoms with Gasteiger partial charge in [0.25, 0.3) is 0 Å². The minimum atomic E-state index is -3.44. The Morgan fingerprint density at radius 1 is 1.13 bits per heavy atom. The smallest absolute Gasteiger partial charge is 0.200 e. The van der Waals surface area contributed by atoms with Gasteiger partial charge >= 0.3 is 0 Å². The molecule has 2 unspecified atom stereocenters. The number of nitrogens with zero attached hydrogens (tertiary/aromatic N) is 2. The number of hydrogen-bond donors (Lipinski definition) is 0. The summed E-state index contributed by atoms with van der Waals surface area (Å²) in [6.45, 7) is 0.684. The summed E-state index contributed by atoms with van der Waals surface area (Å²) in [4.78, 5) is 0. The van der Waals surface area contributed by atoms with Gasteiger partial charge in [-0.2, -0.15) is 5.10 Å². The SMILES string of the molecule is COc1ccc(-c2ccn(C(c3ccccc3)S(C)(=O)=O)n2)cc1OC1CCCO1. The molecule has 2 atom stereocenters. The van der Waals surface area contributed by atoms with Crippen molar-refractivity contribution in [1.29, 1.82) is 0 Å². The number of methoxy groups -OCH3 is 1. The molecule has 158 valence electrons. The van der Waals surface area contributed by atoms with Crippen LogP contribution in [0.25, 0.3) is 11.3 Å². The van der Waals surface area contributed by atoms with Crippen LogP contribution in [-0.4, -0.2) is 44.5 Å². The first-order chi connectivity index (χ1) is 14.5. The van der Waals surface area contributed by atoms with Gasteiger partial charge < -0.3 is 14.2 Å². The molecule has 8 heteroatoms. The van der Waals surface area contributed by atoms with E-state index >= 15 is 0 Å². The Kier molecular flexibility index (Phi) is 5.78. The summed E-state index contributed by atoms with van der Waals surface area (Å²) < 4.78 is 43.4. The molecule has 1 fully saturated rings. The molecule has 7 nitrogen and oxygen atoms in total. The summed E-state index contributed by atoms with van der Waals surface area (Å²) in [6, 6.07) is 16.4. The maximum atomic E-state index is 12.5. The third kappa shape index (κ3) is 4.34. The fourth-order valence-electron chi connectivity index (χ4n) is 3.55. The molecule has 30 heavy (non-hydrogen) atoms. The Hall–Kier alpha value is -2.84. The van der Waals surface area contributed by atoms with Crippen molar-refractivity contribution in [2.24, 2.45) is 0 Å². The fraction of sp³-hybridized carbons (Fsp3) is 0.318. The Balaban J connectivity index is 1.67. The number of ether oxygens (including phenoxy) is 3. The summed E-state index contributed by atoms with van der Waals surface area (Å²) in [5.41, 5.74) is 2.09. The molecule has 3 aromatic rings. The maximum absolute atomic E-state index is 12.5. The molecule has 0 bridgehead atoms. The van der Waals surface area contributed by atoms with Crippen molar-refractivity contribution in [1.82, 2.24) is 9.78 Å². The Morgan fingerprint density at radius 2 is 1.93 bits per heavy atom.